The Morgan fingerprint density at radius 3 is 2.93 bits per heavy atom. The normalized spacial score (nSPS) is 20.1. The summed E-state index contributed by atoms with van der Waals surface area (Å²) in [5.41, 5.74) is 2.16. The molecule has 1 heterocycles. The number of halogens is 1. The zero-order valence-electron chi connectivity index (χ0n) is 8.29. The van der Waals surface area contributed by atoms with E-state index in [9.17, 15) is 4.79 Å². The Kier molecular flexibility index (Phi) is 2.78. The van der Waals surface area contributed by atoms with Crippen LogP contribution in [0, 0.1) is 0 Å². The highest BCUT2D eigenvalue weighted by Gasteiger charge is 2.24. The monoisotopic (exact) mass is 221 g/mol. The van der Waals surface area contributed by atoms with Crippen LogP contribution in [-0.4, -0.2) is 12.5 Å². The van der Waals surface area contributed by atoms with Crippen molar-refractivity contribution in [3.05, 3.63) is 40.9 Å². The third-order valence-electron chi connectivity index (χ3n) is 2.69. The third-order valence-corrected chi connectivity index (χ3v) is 2.92. The minimum absolute atomic E-state index is 0.116. The van der Waals surface area contributed by atoms with Gasteiger partial charge < -0.3 is 5.32 Å². The molecule has 1 aliphatic rings. The molecular formula is C12H12ClNO. The molecule has 1 aromatic rings. The summed E-state index contributed by atoms with van der Waals surface area (Å²) in [6, 6.07) is 5.71. The molecule has 15 heavy (non-hydrogen) atoms. The first-order valence-electron chi connectivity index (χ1n) is 4.89. The highest BCUT2D eigenvalue weighted by atomic mass is 35.5. The SMILES string of the molecule is C=Cc1cc(Cl)ccc1[C@@H]1CNC(=O)C1. The number of hydrogen-bond acceptors (Lipinski definition) is 1. The van der Waals surface area contributed by atoms with Crippen molar-refractivity contribution in [1.29, 1.82) is 0 Å². The molecule has 0 aliphatic carbocycles. The average molecular weight is 222 g/mol. The van der Waals surface area contributed by atoms with Gasteiger partial charge in [0.2, 0.25) is 5.91 Å². The molecule has 0 spiro atoms. The van der Waals surface area contributed by atoms with E-state index in [1.807, 2.05) is 18.2 Å². The van der Waals surface area contributed by atoms with Gasteiger partial charge in [-0.1, -0.05) is 30.3 Å². The highest BCUT2D eigenvalue weighted by molar-refractivity contribution is 6.30. The molecule has 0 aromatic heterocycles. The zero-order valence-corrected chi connectivity index (χ0v) is 9.05. The zero-order chi connectivity index (χ0) is 10.8. The number of amides is 1. The Morgan fingerprint density at radius 1 is 1.53 bits per heavy atom. The van der Waals surface area contributed by atoms with Crippen molar-refractivity contribution >= 4 is 23.6 Å². The van der Waals surface area contributed by atoms with Crippen molar-refractivity contribution in [1.82, 2.24) is 5.32 Å². The molecule has 1 atom stereocenters. The second-order valence-corrected chi connectivity index (χ2v) is 4.12. The van der Waals surface area contributed by atoms with Crippen LogP contribution in [0.4, 0.5) is 0 Å². The van der Waals surface area contributed by atoms with Gasteiger partial charge in [-0.25, -0.2) is 0 Å². The second kappa shape index (κ2) is 4.07. The molecule has 1 amide bonds. The minimum Gasteiger partial charge on any atom is -0.355 e. The molecule has 3 heteroatoms. The Labute approximate surface area is 93.9 Å². The maximum Gasteiger partial charge on any atom is 0.220 e. The van der Waals surface area contributed by atoms with Gasteiger partial charge in [-0.05, 0) is 23.3 Å². The lowest BCUT2D eigenvalue weighted by molar-refractivity contribution is -0.119. The predicted octanol–water partition coefficient (Wildman–Crippen LogP) is 2.59. The van der Waals surface area contributed by atoms with Gasteiger partial charge in [0.15, 0.2) is 0 Å². The molecule has 0 saturated carbocycles. The summed E-state index contributed by atoms with van der Waals surface area (Å²) in [5, 5.41) is 3.53. The lowest BCUT2D eigenvalue weighted by atomic mass is 9.93. The van der Waals surface area contributed by atoms with Crippen LogP contribution in [-0.2, 0) is 4.79 Å². The Morgan fingerprint density at radius 2 is 2.33 bits per heavy atom. The number of benzene rings is 1. The number of hydrogen-bond donors (Lipinski definition) is 1. The topological polar surface area (TPSA) is 29.1 Å². The molecule has 1 saturated heterocycles. The number of carbonyl (C=O) groups is 1. The number of rotatable bonds is 2. The van der Waals surface area contributed by atoms with E-state index < -0.39 is 0 Å². The van der Waals surface area contributed by atoms with E-state index in [2.05, 4.69) is 11.9 Å². The standard InChI is InChI=1S/C12H12ClNO/c1-2-8-5-10(13)3-4-11(8)9-6-12(15)14-7-9/h2-5,9H,1,6-7H2,(H,14,15)/t9-/m0/s1. The molecule has 78 valence electrons. The molecule has 0 unspecified atom stereocenters. The summed E-state index contributed by atoms with van der Waals surface area (Å²) in [5.74, 6) is 0.368. The first-order valence-corrected chi connectivity index (χ1v) is 5.27. The van der Waals surface area contributed by atoms with Gasteiger partial charge in [-0.3, -0.25) is 4.79 Å². The van der Waals surface area contributed by atoms with E-state index in [-0.39, 0.29) is 11.8 Å². The third kappa shape index (κ3) is 2.05. The maximum atomic E-state index is 11.1. The molecule has 2 rings (SSSR count). The molecule has 2 nitrogen and oxygen atoms in total. The largest absolute Gasteiger partial charge is 0.355 e. The van der Waals surface area contributed by atoms with Crippen LogP contribution < -0.4 is 5.32 Å². The quantitative estimate of drug-likeness (QED) is 0.817. The van der Waals surface area contributed by atoms with Crippen molar-refractivity contribution in [2.45, 2.75) is 12.3 Å². The molecular weight excluding hydrogens is 210 g/mol. The lowest BCUT2D eigenvalue weighted by Gasteiger charge is -2.11. The summed E-state index contributed by atoms with van der Waals surface area (Å²) in [6.45, 7) is 4.47. The Hall–Kier alpha value is -1.28. The van der Waals surface area contributed by atoms with Crippen molar-refractivity contribution in [2.24, 2.45) is 0 Å². The minimum atomic E-state index is 0.116. The van der Waals surface area contributed by atoms with Crippen molar-refractivity contribution in [3.63, 3.8) is 0 Å². The average Bonchev–Trinajstić information content (AvgIpc) is 2.64. The van der Waals surface area contributed by atoms with Gasteiger partial charge in [0.25, 0.3) is 0 Å². The van der Waals surface area contributed by atoms with Crippen LogP contribution in [0.5, 0.6) is 0 Å². The highest BCUT2D eigenvalue weighted by Crippen LogP contribution is 2.28. The Balaban J connectivity index is 2.35. The van der Waals surface area contributed by atoms with Crippen molar-refractivity contribution in [2.75, 3.05) is 6.54 Å². The van der Waals surface area contributed by atoms with E-state index >= 15 is 0 Å². The van der Waals surface area contributed by atoms with E-state index in [0.29, 0.717) is 18.0 Å². The first-order chi connectivity index (χ1) is 7.20. The van der Waals surface area contributed by atoms with E-state index in [1.165, 1.54) is 0 Å². The summed E-state index contributed by atoms with van der Waals surface area (Å²) in [4.78, 5) is 11.1. The van der Waals surface area contributed by atoms with Crippen LogP contribution in [0.25, 0.3) is 6.08 Å². The molecule has 1 fully saturated rings. The van der Waals surface area contributed by atoms with Crippen molar-refractivity contribution < 1.29 is 4.79 Å². The molecule has 1 N–H and O–H groups in total. The van der Waals surface area contributed by atoms with Gasteiger partial charge in [-0.2, -0.15) is 0 Å². The van der Waals surface area contributed by atoms with E-state index in [1.54, 1.807) is 6.08 Å². The summed E-state index contributed by atoms with van der Waals surface area (Å²) in [7, 11) is 0. The summed E-state index contributed by atoms with van der Waals surface area (Å²) in [6.07, 6.45) is 2.34. The van der Waals surface area contributed by atoms with Crippen molar-refractivity contribution in [3.8, 4) is 0 Å². The Bertz CT molecular complexity index is 414. The van der Waals surface area contributed by atoms with Gasteiger partial charge in [0.1, 0.15) is 0 Å². The predicted molar refractivity (Wildman–Crippen MR) is 61.9 cm³/mol. The molecule has 0 radical (unpaired) electrons. The molecule has 1 aliphatic heterocycles. The fraction of sp³-hybridized carbons (Fsp3) is 0.250. The van der Waals surface area contributed by atoms with Crippen LogP contribution >= 0.6 is 11.6 Å². The van der Waals surface area contributed by atoms with E-state index in [4.69, 9.17) is 11.6 Å². The van der Waals surface area contributed by atoms with Gasteiger partial charge in [0.05, 0.1) is 0 Å². The lowest BCUT2D eigenvalue weighted by Crippen LogP contribution is -2.13. The molecule has 1 aromatic carbocycles. The number of carbonyl (C=O) groups excluding carboxylic acids is 1. The fourth-order valence-corrected chi connectivity index (χ4v) is 2.10. The summed E-state index contributed by atoms with van der Waals surface area (Å²) < 4.78 is 0. The molecule has 0 bridgehead atoms. The maximum absolute atomic E-state index is 11.1. The fourth-order valence-electron chi connectivity index (χ4n) is 1.92. The van der Waals surface area contributed by atoms with Crippen LogP contribution in [0.3, 0.4) is 0 Å². The van der Waals surface area contributed by atoms with Gasteiger partial charge in [-0.15, -0.1) is 0 Å². The van der Waals surface area contributed by atoms with Gasteiger partial charge in [0, 0.05) is 23.9 Å². The van der Waals surface area contributed by atoms with Crippen LogP contribution in [0.2, 0.25) is 5.02 Å². The second-order valence-electron chi connectivity index (χ2n) is 3.68. The first kappa shape index (κ1) is 10.2. The summed E-state index contributed by atoms with van der Waals surface area (Å²) >= 11 is 5.90. The number of nitrogens with one attached hydrogen (secondary N) is 1. The van der Waals surface area contributed by atoms with Gasteiger partial charge >= 0.3 is 0 Å². The smallest absolute Gasteiger partial charge is 0.220 e. The van der Waals surface area contributed by atoms with Crippen LogP contribution in [0.1, 0.15) is 23.5 Å². The van der Waals surface area contributed by atoms with Crippen LogP contribution in [0.15, 0.2) is 24.8 Å². The van der Waals surface area contributed by atoms with E-state index in [0.717, 1.165) is 11.1 Å².